The lowest BCUT2D eigenvalue weighted by atomic mass is 10.2. The molecule has 3 nitrogen and oxygen atoms in total. The molecule has 0 N–H and O–H groups in total. The molecule has 5 heteroatoms. The molecule has 1 saturated carbocycles. The number of aryl methyl sites for hydroxylation is 2. The summed E-state index contributed by atoms with van der Waals surface area (Å²) in [4.78, 5) is 0.359. The molecule has 0 aromatic heterocycles. The molecule has 0 spiro atoms. The SMILES string of the molecule is C=CCN(C1CCCC1)S(=O)(=O)c1cc(C)c(Cl)cc1C. The number of nitrogens with zero attached hydrogens (tertiary/aromatic N) is 1. The van der Waals surface area contributed by atoms with E-state index < -0.39 is 10.0 Å². The van der Waals surface area contributed by atoms with Gasteiger partial charge >= 0.3 is 0 Å². The molecule has 1 aromatic carbocycles. The zero-order valence-corrected chi connectivity index (χ0v) is 14.2. The van der Waals surface area contributed by atoms with E-state index >= 15 is 0 Å². The van der Waals surface area contributed by atoms with Crippen LogP contribution in [0.15, 0.2) is 29.7 Å². The maximum Gasteiger partial charge on any atom is 0.243 e. The van der Waals surface area contributed by atoms with Crippen molar-refractivity contribution in [2.24, 2.45) is 0 Å². The molecule has 0 heterocycles. The van der Waals surface area contributed by atoms with E-state index in [9.17, 15) is 8.42 Å². The lowest BCUT2D eigenvalue weighted by Crippen LogP contribution is -2.39. The highest BCUT2D eigenvalue weighted by atomic mass is 35.5. The molecule has 1 aromatic rings. The number of halogens is 1. The van der Waals surface area contributed by atoms with E-state index in [-0.39, 0.29) is 6.04 Å². The van der Waals surface area contributed by atoms with Crippen LogP contribution in [0, 0.1) is 13.8 Å². The first-order chi connectivity index (χ1) is 9.87. The van der Waals surface area contributed by atoms with Crippen molar-refractivity contribution >= 4 is 21.6 Å². The van der Waals surface area contributed by atoms with Crippen LogP contribution in [0.3, 0.4) is 0 Å². The van der Waals surface area contributed by atoms with Crippen molar-refractivity contribution in [1.29, 1.82) is 0 Å². The Hall–Kier alpha value is -0.840. The third-order valence-corrected chi connectivity index (χ3v) is 6.55. The maximum absolute atomic E-state index is 13.0. The van der Waals surface area contributed by atoms with Gasteiger partial charge in [-0.15, -0.1) is 6.58 Å². The van der Waals surface area contributed by atoms with Gasteiger partial charge in [0.1, 0.15) is 0 Å². The smallest absolute Gasteiger partial charge is 0.207 e. The van der Waals surface area contributed by atoms with Crippen LogP contribution >= 0.6 is 11.6 Å². The Morgan fingerprint density at radius 3 is 2.48 bits per heavy atom. The van der Waals surface area contributed by atoms with Crippen LogP contribution in [-0.4, -0.2) is 25.3 Å². The molecule has 21 heavy (non-hydrogen) atoms. The molecule has 0 amide bonds. The fraction of sp³-hybridized carbons (Fsp3) is 0.500. The van der Waals surface area contributed by atoms with Crippen LogP contribution in [0.25, 0.3) is 0 Å². The zero-order valence-electron chi connectivity index (χ0n) is 12.6. The molecule has 0 saturated heterocycles. The van der Waals surface area contributed by atoms with Gasteiger partial charge in [-0.25, -0.2) is 8.42 Å². The average molecular weight is 328 g/mol. The van der Waals surface area contributed by atoms with Crippen molar-refractivity contribution in [3.8, 4) is 0 Å². The van der Waals surface area contributed by atoms with Gasteiger partial charge in [0.2, 0.25) is 10.0 Å². The van der Waals surface area contributed by atoms with E-state index in [1.54, 1.807) is 29.4 Å². The second-order valence-electron chi connectivity index (χ2n) is 5.67. The van der Waals surface area contributed by atoms with Gasteiger partial charge in [-0.1, -0.05) is 30.5 Å². The number of benzene rings is 1. The van der Waals surface area contributed by atoms with Crippen LogP contribution in [0.1, 0.15) is 36.8 Å². The van der Waals surface area contributed by atoms with Gasteiger partial charge in [0.05, 0.1) is 4.90 Å². The van der Waals surface area contributed by atoms with Crippen molar-refractivity contribution < 1.29 is 8.42 Å². The second-order valence-corrected chi connectivity index (χ2v) is 7.93. The number of hydrogen-bond donors (Lipinski definition) is 0. The zero-order chi connectivity index (χ0) is 15.6. The predicted molar refractivity (Wildman–Crippen MR) is 87.3 cm³/mol. The summed E-state index contributed by atoms with van der Waals surface area (Å²) in [6, 6.07) is 3.49. The van der Waals surface area contributed by atoms with Gasteiger partial charge in [0.25, 0.3) is 0 Å². The molecule has 116 valence electrons. The minimum atomic E-state index is -3.51. The highest BCUT2D eigenvalue weighted by Crippen LogP contribution is 2.31. The van der Waals surface area contributed by atoms with Crippen LogP contribution in [0.4, 0.5) is 0 Å². The van der Waals surface area contributed by atoms with Gasteiger partial charge in [0, 0.05) is 17.6 Å². The lowest BCUT2D eigenvalue weighted by Gasteiger charge is -2.27. The Labute approximate surface area is 132 Å². The fourth-order valence-corrected chi connectivity index (χ4v) is 5.09. The second kappa shape index (κ2) is 6.51. The number of hydrogen-bond acceptors (Lipinski definition) is 2. The molecule has 0 aliphatic heterocycles. The summed E-state index contributed by atoms with van der Waals surface area (Å²) in [5.41, 5.74) is 1.48. The van der Waals surface area contributed by atoms with Crippen molar-refractivity contribution in [2.75, 3.05) is 6.54 Å². The monoisotopic (exact) mass is 327 g/mol. The van der Waals surface area contributed by atoms with E-state index in [0.717, 1.165) is 31.2 Å². The Bertz CT molecular complexity index is 634. The molecular formula is C16H22ClNO2S. The van der Waals surface area contributed by atoms with Gasteiger partial charge in [0.15, 0.2) is 0 Å². The fourth-order valence-electron chi connectivity index (χ4n) is 2.92. The van der Waals surface area contributed by atoms with Crippen LogP contribution in [-0.2, 0) is 10.0 Å². The number of rotatable bonds is 5. The van der Waals surface area contributed by atoms with E-state index in [1.165, 1.54) is 0 Å². The lowest BCUT2D eigenvalue weighted by molar-refractivity contribution is 0.347. The molecule has 0 radical (unpaired) electrons. The molecule has 0 atom stereocenters. The topological polar surface area (TPSA) is 37.4 Å². The van der Waals surface area contributed by atoms with Crippen molar-refractivity contribution in [3.05, 3.63) is 40.9 Å². The van der Waals surface area contributed by atoms with E-state index in [1.807, 2.05) is 6.92 Å². The third-order valence-electron chi connectivity index (χ3n) is 4.08. The van der Waals surface area contributed by atoms with Crippen molar-refractivity contribution in [1.82, 2.24) is 4.31 Å². The Morgan fingerprint density at radius 2 is 1.90 bits per heavy atom. The predicted octanol–water partition coefficient (Wildman–Crippen LogP) is 4.08. The summed E-state index contributed by atoms with van der Waals surface area (Å²) >= 11 is 6.08. The molecule has 1 aliphatic carbocycles. The first kappa shape index (κ1) is 16.5. The maximum atomic E-state index is 13.0. The molecule has 1 aliphatic rings. The normalized spacial score (nSPS) is 16.6. The first-order valence-electron chi connectivity index (χ1n) is 7.27. The first-order valence-corrected chi connectivity index (χ1v) is 9.09. The Morgan fingerprint density at radius 1 is 1.29 bits per heavy atom. The summed E-state index contributed by atoms with van der Waals surface area (Å²) in [5, 5.41) is 0.600. The van der Waals surface area contributed by atoms with Gasteiger partial charge in [-0.2, -0.15) is 4.31 Å². The highest BCUT2D eigenvalue weighted by Gasteiger charge is 2.33. The molecule has 2 rings (SSSR count). The summed E-state index contributed by atoms with van der Waals surface area (Å²) in [5.74, 6) is 0. The standard InChI is InChI=1S/C16H22ClNO2S/c1-4-9-18(14-7-5-6-8-14)21(19,20)16-11-12(2)15(17)10-13(16)3/h4,10-11,14H,1,5-9H2,2-3H3. The van der Waals surface area contributed by atoms with Crippen molar-refractivity contribution in [2.45, 2.75) is 50.5 Å². The molecular weight excluding hydrogens is 306 g/mol. The van der Waals surface area contributed by atoms with Gasteiger partial charge in [-0.05, 0) is 49.9 Å². The van der Waals surface area contributed by atoms with Crippen LogP contribution in [0.2, 0.25) is 5.02 Å². The highest BCUT2D eigenvalue weighted by molar-refractivity contribution is 7.89. The summed E-state index contributed by atoms with van der Waals surface area (Å²) in [6.45, 7) is 7.68. The average Bonchev–Trinajstić information content (AvgIpc) is 2.93. The van der Waals surface area contributed by atoms with E-state index in [0.29, 0.717) is 22.0 Å². The summed E-state index contributed by atoms with van der Waals surface area (Å²) in [6.07, 6.45) is 5.70. The molecule has 0 unspecified atom stereocenters. The quantitative estimate of drug-likeness (QED) is 0.764. The van der Waals surface area contributed by atoms with Crippen LogP contribution < -0.4 is 0 Å². The summed E-state index contributed by atoms with van der Waals surface area (Å²) < 4.78 is 27.7. The Balaban J connectivity index is 2.47. The minimum Gasteiger partial charge on any atom is -0.207 e. The molecule has 0 bridgehead atoms. The van der Waals surface area contributed by atoms with E-state index in [2.05, 4.69) is 6.58 Å². The van der Waals surface area contributed by atoms with Crippen molar-refractivity contribution in [3.63, 3.8) is 0 Å². The van der Waals surface area contributed by atoms with E-state index in [4.69, 9.17) is 11.6 Å². The van der Waals surface area contributed by atoms with Gasteiger partial charge in [-0.3, -0.25) is 0 Å². The van der Waals surface area contributed by atoms with Gasteiger partial charge < -0.3 is 0 Å². The molecule has 1 fully saturated rings. The Kier molecular flexibility index (Phi) is 5.12. The number of sulfonamides is 1. The minimum absolute atomic E-state index is 0.0865. The largest absolute Gasteiger partial charge is 0.243 e. The van der Waals surface area contributed by atoms with Crippen LogP contribution in [0.5, 0.6) is 0 Å². The third kappa shape index (κ3) is 3.33. The summed E-state index contributed by atoms with van der Waals surface area (Å²) in [7, 11) is -3.51.